The van der Waals surface area contributed by atoms with E-state index in [1.165, 1.54) is 12.1 Å². The van der Waals surface area contributed by atoms with Crippen LogP contribution in [-0.2, 0) is 5.41 Å². The number of nitrogens with zero attached hydrogens (tertiary/aromatic N) is 2. The summed E-state index contributed by atoms with van der Waals surface area (Å²) >= 11 is 0. The average Bonchev–Trinajstić information content (AvgIpc) is 2.18. The van der Waals surface area contributed by atoms with Crippen LogP contribution in [0.4, 0.5) is 5.69 Å². The highest BCUT2D eigenvalue weighted by Crippen LogP contribution is 2.25. The summed E-state index contributed by atoms with van der Waals surface area (Å²) < 4.78 is 0. The minimum absolute atomic E-state index is 0.0496. The molecule has 0 bridgehead atoms. The van der Waals surface area contributed by atoms with E-state index in [1.54, 1.807) is 12.1 Å². The Hall–Kier alpha value is -1.78. The Balaban J connectivity index is 2.97. The predicted molar refractivity (Wildman–Crippen MR) is 56.8 cm³/mol. The van der Waals surface area contributed by atoms with Gasteiger partial charge in [0, 0.05) is 17.5 Å². The number of non-ortho nitro benzene ring substituents is 1. The molecule has 5 nitrogen and oxygen atoms in total. The number of nitro benzene ring substituents is 1. The van der Waals surface area contributed by atoms with Crippen molar-refractivity contribution in [2.45, 2.75) is 19.3 Å². The normalized spacial score (nSPS) is 11.1. The predicted octanol–water partition coefficient (Wildman–Crippen LogP) is 2.64. The first kappa shape index (κ1) is 11.3. The van der Waals surface area contributed by atoms with E-state index in [0.29, 0.717) is 0 Å². The van der Waals surface area contributed by atoms with Crippen molar-refractivity contribution < 1.29 is 4.92 Å². The van der Waals surface area contributed by atoms with Crippen molar-refractivity contribution in [3.05, 3.63) is 44.9 Å². The monoisotopic (exact) mass is 208 g/mol. The van der Waals surface area contributed by atoms with E-state index in [9.17, 15) is 15.0 Å². The summed E-state index contributed by atoms with van der Waals surface area (Å²) in [5.74, 6) is 0. The first-order valence-electron chi connectivity index (χ1n) is 4.51. The van der Waals surface area contributed by atoms with Gasteiger partial charge in [-0.3, -0.25) is 10.1 Å². The topological polar surface area (TPSA) is 72.6 Å². The second kappa shape index (κ2) is 4.16. The number of rotatable bonds is 4. The van der Waals surface area contributed by atoms with E-state index >= 15 is 0 Å². The summed E-state index contributed by atoms with van der Waals surface area (Å²) in [6.07, 6.45) is 0. The molecule has 0 aliphatic carbocycles. The zero-order chi connectivity index (χ0) is 11.5. The van der Waals surface area contributed by atoms with Crippen LogP contribution in [0.25, 0.3) is 0 Å². The largest absolute Gasteiger partial charge is 0.269 e. The van der Waals surface area contributed by atoms with Crippen LogP contribution in [-0.4, -0.2) is 11.5 Å². The highest BCUT2D eigenvalue weighted by atomic mass is 16.6. The maximum absolute atomic E-state index is 10.4. The highest BCUT2D eigenvalue weighted by Gasteiger charge is 2.21. The highest BCUT2D eigenvalue weighted by molar-refractivity contribution is 5.36. The minimum atomic E-state index is -0.450. The Bertz CT molecular complexity index is 371. The van der Waals surface area contributed by atoms with Gasteiger partial charge in [0.2, 0.25) is 0 Å². The molecule has 0 spiro atoms. The lowest BCUT2D eigenvalue weighted by atomic mass is 9.85. The van der Waals surface area contributed by atoms with Gasteiger partial charge in [-0.05, 0) is 5.56 Å². The zero-order valence-electron chi connectivity index (χ0n) is 8.64. The molecule has 0 N–H and O–H groups in total. The van der Waals surface area contributed by atoms with Gasteiger partial charge in [0.25, 0.3) is 5.69 Å². The van der Waals surface area contributed by atoms with Crippen LogP contribution in [0, 0.1) is 15.0 Å². The number of nitro groups is 1. The first-order chi connectivity index (χ1) is 6.97. The van der Waals surface area contributed by atoms with E-state index in [2.05, 4.69) is 5.18 Å². The van der Waals surface area contributed by atoms with Crippen LogP contribution in [0.1, 0.15) is 19.4 Å². The number of nitroso groups, excluding NO2 is 1. The molecule has 1 rings (SSSR count). The van der Waals surface area contributed by atoms with Gasteiger partial charge in [0.05, 0.1) is 11.5 Å². The third kappa shape index (κ3) is 2.59. The quantitative estimate of drug-likeness (QED) is 0.433. The van der Waals surface area contributed by atoms with Gasteiger partial charge in [-0.25, -0.2) is 0 Å². The standard InChI is InChI=1S/C10H12N2O3/c1-10(2,7-11-13)8-3-5-9(6-4-8)12(14)15/h3-6H,7H2,1-2H3. The zero-order valence-corrected chi connectivity index (χ0v) is 8.64. The number of benzene rings is 1. The first-order valence-corrected chi connectivity index (χ1v) is 4.51. The second-order valence-electron chi connectivity index (χ2n) is 3.98. The lowest BCUT2D eigenvalue weighted by Crippen LogP contribution is -2.20. The van der Waals surface area contributed by atoms with E-state index in [-0.39, 0.29) is 17.6 Å². The molecular weight excluding hydrogens is 196 g/mol. The molecule has 0 saturated heterocycles. The van der Waals surface area contributed by atoms with Crippen LogP contribution in [0.2, 0.25) is 0 Å². The Morgan fingerprint density at radius 1 is 1.33 bits per heavy atom. The molecule has 0 saturated carbocycles. The van der Waals surface area contributed by atoms with Crippen LogP contribution in [0.15, 0.2) is 29.4 Å². The van der Waals surface area contributed by atoms with Crippen LogP contribution >= 0.6 is 0 Å². The van der Waals surface area contributed by atoms with Crippen molar-refractivity contribution in [2.24, 2.45) is 5.18 Å². The minimum Gasteiger partial charge on any atom is -0.258 e. The lowest BCUT2D eigenvalue weighted by Gasteiger charge is -2.20. The number of hydrogen-bond acceptors (Lipinski definition) is 4. The third-order valence-corrected chi connectivity index (χ3v) is 2.32. The molecule has 0 aromatic heterocycles. The molecular formula is C10H12N2O3. The van der Waals surface area contributed by atoms with Crippen molar-refractivity contribution in [1.82, 2.24) is 0 Å². The molecule has 15 heavy (non-hydrogen) atoms. The Labute approximate surface area is 87.2 Å². The van der Waals surface area contributed by atoms with Crippen molar-refractivity contribution in [2.75, 3.05) is 6.54 Å². The lowest BCUT2D eigenvalue weighted by molar-refractivity contribution is -0.384. The van der Waals surface area contributed by atoms with Gasteiger partial charge in [-0.2, -0.15) is 4.91 Å². The maximum Gasteiger partial charge on any atom is 0.269 e. The van der Waals surface area contributed by atoms with Crippen molar-refractivity contribution >= 4 is 5.69 Å². The Morgan fingerprint density at radius 2 is 1.87 bits per heavy atom. The molecule has 0 radical (unpaired) electrons. The third-order valence-electron chi connectivity index (χ3n) is 2.32. The van der Waals surface area contributed by atoms with Gasteiger partial charge < -0.3 is 0 Å². The van der Waals surface area contributed by atoms with Gasteiger partial charge in [0.1, 0.15) is 0 Å². The molecule has 0 atom stereocenters. The molecule has 0 unspecified atom stereocenters. The summed E-state index contributed by atoms with van der Waals surface area (Å²) in [6.45, 7) is 3.90. The van der Waals surface area contributed by atoms with Crippen molar-refractivity contribution in [3.8, 4) is 0 Å². The van der Waals surface area contributed by atoms with Gasteiger partial charge in [-0.15, -0.1) is 0 Å². The fourth-order valence-electron chi connectivity index (χ4n) is 1.29. The summed E-state index contributed by atoms with van der Waals surface area (Å²) in [4.78, 5) is 20.2. The summed E-state index contributed by atoms with van der Waals surface area (Å²) in [7, 11) is 0. The van der Waals surface area contributed by atoms with Gasteiger partial charge in [0.15, 0.2) is 0 Å². The van der Waals surface area contributed by atoms with Gasteiger partial charge >= 0.3 is 0 Å². The van der Waals surface area contributed by atoms with E-state index in [1.807, 2.05) is 13.8 Å². The molecule has 0 heterocycles. The Kier molecular flexibility index (Phi) is 3.14. The van der Waals surface area contributed by atoms with E-state index in [0.717, 1.165) is 5.56 Å². The van der Waals surface area contributed by atoms with E-state index < -0.39 is 4.92 Å². The average molecular weight is 208 g/mol. The summed E-state index contributed by atoms with van der Waals surface area (Å²) in [5, 5.41) is 13.3. The molecule has 80 valence electrons. The second-order valence-corrected chi connectivity index (χ2v) is 3.98. The smallest absolute Gasteiger partial charge is 0.258 e. The molecule has 0 aliphatic rings. The molecule has 1 aromatic carbocycles. The van der Waals surface area contributed by atoms with Crippen molar-refractivity contribution in [3.63, 3.8) is 0 Å². The van der Waals surface area contributed by atoms with Crippen LogP contribution in [0.3, 0.4) is 0 Å². The van der Waals surface area contributed by atoms with Crippen molar-refractivity contribution in [1.29, 1.82) is 0 Å². The summed E-state index contributed by atoms with van der Waals surface area (Å²) in [5.41, 5.74) is 0.540. The fraction of sp³-hybridized carbons (Fsp3) is 0.400. The maximum atomic E-state index is 10.4. The van der Waals surface area contributed by atoms with Gasteiger partial charge in [-0.1, -0.05) is 31.2 Å². The molecule has 0 fully saturated rings. The number of hydrogen-bond donors (Lipinski definition) is 0. The van der Waals surface area contributed by atoms with Crippen LogP contribution in [0.5, 0.6) is 0 Å². The molecule has 1 aromatic rings. The molecule has 5 heteroatoms. The Morgan fingerprint density at radius 3 is 2.27 bits per heavy atom. The van der Waals surface area contributed by atoms with E-state index in [4.69, 9.17) is 0 Å². The van der Waals surface area contributed by atoms with Crippen LogP contribution < -0.4 is 0 Å². The SMILES string of the molecule is CC(C)(CN=O)c1ccc([N+](=O)[O-])cc1. The molecule has 0 amide bonds. The fourth-order valence-corrected chi connectivity index (χ4v) is 1.29. The summed E-state index contributed by atoms with van der Waals surface area (Å²) in [6, 6.07) is 6.18. The molecule has 0 aliphatic heterocycles.